The largest absolute Gasteiger partial charge is 0.478 e. The number of carboxylic acid groups (broad SMARTS) is 1. The van der Waals surface area contributed by atoms with E-state index in [1.54, 1.807) is 30.6 Å². The van der Waals surface area contributed by atoms with Gasteiger partial charge in [-0.25, -0.2) is 4.79 Å². The minimum Gasteiger partial charge on any atom is -0.478 e. The Morgan fingerprint density at radius 2 is 2.15 bits per heavy atom. The summed E-state index contributed by atoms with van der Waals surface area (Å²) in [4.78, 5) is 33.6. The van der Waals surface area contributed by atoms with E-state index in [1.807, 2.05) is 11.0 Å². The first-order valence-corrected chi connectivity index (χ1v) is 8.48. The number of hydrogen-bond acceptors (Lipinski definition) is 5. The molecule has 0 saturated carbocycles. The van der Waals surface area contributed by atoms with Crippen molar-refractivity contribution in [3.05, 3.63) is 47.9 Å². The van der Waals surface area contributed by atoms with Gasteiger partial charge in [-0.2, -0.15) is 0 Å². The molecule has 2 aromatic rings. The summed E-state index contributed by atoms with van der Waals surface area (Å²) in [6.45, 7) is 1.59. The maximum atomic E-state index is 11.9. The zero-order valence-electron chi connectivity index (χ0n) is 14.6. The molecular weight excluding hydrogens is 334 g/mol. The van der Waals surface area contributed by atoms with E-state index in [-0.39, 0.29) is 18.1 Å². The Morgan fingerprint density at radius 3 is 2.85 bits per heavy atom. The number of hydrogen-bond donors (Lipinski definition) is 1. The fraction of sp³-hybridized carbons (Fsp3) is 0.368. The van der Waals surface area contributed by atoms with Crippen LogP contribution in [0.1, 0.15) is 22.5 Å². The van der Waals surface area contributed by atoms with Gasteiger partial charge in [-0.3, -0.25) is 14.8 Å². The molecule has 7 nitrogen and oxygen atoms in total. The number of ether oxygens (including phenoxy) is 1. The van der Waals surface area contributed by atoms with Crippen molar-refractivity contribution in [1.82, 2.24) is 14.9 Å². The average Bonchev–Trinajstić information content (AvgIpc) is 3.11. The minimum absolute atomic E-state index is 0.0229. The standard InChI is InChI=1S/C19H21N3O4/c1-26-12-18(23)22-6-5-13(11-22)7-16-9-21-17(10-20-16)14-3-2-4-15(8-14)19(24)25/h2-4,8-10,13H,5-7,11-12H2,1H3,(H,24,25). The summed E-state index contributed by atoms with van der Waals surface area (Å²) in [5.74, 6) is -0.578. The van der Waals surface area contributed by atoms with Crippen LogP contribution in [0.15, 0.2) is 36.7 Å². The summed E-state index contributed by atoms with van der Waals surface area (Å²) in [5, 5.41) is 9.08. The van der Waals surface area contributed by atoms with Crippen molar-refractivity contribution < 1.29 is 19.4 Å². The van der Waals surface area contributed by atoms with Crippen LogP contribution in [-0.2, 0) is 16.0 Å². The fourth-order valence-corrected chi connectivity index (χ4v) is 3.16. The quantitative estimate of drug-likeness (QED) is 0.850. The zero-order chi connectivity index (χ0) is 18.5. The van der Waals surface area contributed by atoms with Crippen molar-refractivity contribution >= 4 is 11.9 Å². The summed E-state index contributed by atoms with van der Waals surface area (Å²) >= 11 is 0. The number of methoxy groups -OCH3 is 1. The number of carbonyl (C=O) groups excluding carboxylic acids is 1. The van der Waals surface area contributed by atoms with Crippen molar-refractivity contribution in [2.24, 2.45) is 5.92 Å². The topological polar surface area (TPSA) is 92.6 Å². The molecule has 1 atom stereocenters. The molecule has 0 radical (unpaired) electrons. The maximum Gasteiger partial charge on any atom is 0.335 e. The monoisotopic (exact) mass is 355 g/mol. The van der Waals surface area contributed by atoms with Crippen LogP contribution in [0.5, 0.6) is 0 Å². The number of carboxylic acids is 1. The van der Waals surface area contributed by atoms with Crippen LogP contribution in [-0.4, -0.2) is 58.7 Å². The van der Waals surface area contributed by atoms with Crippen LogP contribution >= 0.6 is 0 Å². The number of benzene rings is 1. The first kappa shape index (κ1) is 18.0. The number of likely N-dealkylation sites (tertiary alicyclic amines) is 1. The number of carbonyl (C=O) groups is 2. The van der Waals surface area contributed by atoms with E-state index in [1.165, 1.54) is 7.11 Å². The maximum absolute atomic E-state index is 11.9. The summed E-state index contributed by atoms with van der Waals surface area (Å²) < 4.78 is 4.90. The second kappa shape index (κ2) is 8.05. The molecule has 0 spiro atoms. The van der Waals surface area contributed by atoms with Gasteiger partial charge in [0.05, 0.1) is 23.1 Å². The lowest BCUT2D eigenvalue weighted by Gasteiger charge is -2.15. The number of nitrogens with zero attached hydrogens (tertiary/aromatic N) is 3. The van der Waals surface area contributed by atoms with E-state index >= 15 is 0 Å². The molecule has 1 unspecified atom stereocenters. The van der Waals surface area contributed by atoms with Crippen molar-refractivity contribution in [1.29, 1.82) is 0 Å². The van der Waals surface area contributed by atoms with Crippen LogP contribution in [0.3, 0.4) is 0 Å². The van der Waals surface area contributed by atoms with Gasteiger partial charge >= 0.3 is 5.97 Å². The van der Waals surface area contributed by atoms with Crippen LogP contribution in [0, 0.1) is 5.92 Å². The lowest BCUT2D eigenvalue weighted by atomic mass is 10.0. The van der Waals surface area contributed by atoms with E-state index in [2.05, 4.69) is 9.97 Å². The molecule has 136 valence electrons. The Morgan fingerprint density at radius 1 is 1.31 bits per heavy atom. The fourth-order valence-electron chi connectivity index (χ4n) is 3.16. The predicted octanol–water partition coefficient (Wildman–Crippen LogP) is 1.88. The van der Waals surface area contributed by atoms with Gasteiger partial charge < -0.3 is 14.7 Å². The molecule has 0 aliphatic carbocycles. The highest BCUT2D eigenvalue weighted by molar-refractivity contribution is 5.89. The Kier molecular flexibility index (Phi) is 5.58. The van der Waals surface area contributed by atoms with Crippen LogP contribution in [0.25, 0.3) is 11.3 Å². The molecule has 1 aliphatic heterocycles. The summed E-state index contributed by atoms with van der Waals surface area (Å²) in [5.41, 5.74) is 2.45. The molecule has 2 heterocycles. The highest BCUT2D eigenvalue weighted by Crippen LogP contribution is 2.22. The Labute approximate surface area is 151 Å². The summed E-state index contributed by atoms with van der Waals surface area (Å²) in [6.07, 6.45) is 5.10. The minimum atomic E-state index is -0.967. The third-order valence-electron chi connectivity index (χ3n) is 4.51. The molecule has 1 fully saturated rings. The normalized spacial score (nSPS) is 16.7. The second-order valence-corrected chi connectivity index (χ2v) is 6.41. The van der Waals surface area contributed by atoms with E-state index in [0.29, 0.717) is 18.2 Å². The van der Waals surface area contributed by atoms with Crippen molar-refractivity contribution in [3.63, 3.8) is 0 Å². The first-order valence-electron chi connectivity index (χ1n) is 8.48. The molecule has 7 heteroatoms. The lowest BCUT2D eigenvalue weighted by molar-refractivity contribution is -0.134. The van der Waals surface area contributed by atoms with Gasteiger partial charge in [-0.05, 0) is 30.9 Å². The summed E-state index contributed by atoms with van der Waals surface area (Å²) in [6, 6.07) is 6.64. The molecule has 1 saturated heterocycles. The summed E-state index contributed by atoms with van der Waals surface area (Å²) in [7, 11) is 1.52. The Hall–Kier alpha value is -2.80. The van der Waals surface area contributed by atoms with E-state index in [0.717, 1.165) is 30.6 Å². The third kappa shape index (κ3) is 4.23. The van der Waals surface area contributed by atoms with Crippen molar-refractivity contribution in [2.45, 2.75) is 12.8 Å². The molecular formula is C19H21N3O4. The SMILES string of the molecule is COCC(=O)N1CCC(Cc2cnc(-c3cccc(C(=O)O)c3)cn2)C1. The second-order valence-electron chi connectivity index (χ2n) is 6.41. The van der Waals surface area contributed by atoms with Gasteiger partial charge in [-0.15, -0.1) is 0 Å². The Balaban J connectivity index is 1.63. The number of rotatable bonds is 6. The molecule has 1 aromatic heterocycles. The molecule has 3 rings (SSSR count). The third-order valence-corrected chi connectivity index (χ3v) is 4.51. The van der Waals surface area contributed by atoms with Crippen molar-refractivity contribution in [3.8, 4) is 11.3 Å². The molecule has 0 bridgehead atoms. The number of amides is 1. The van der Waals surface area contributed by atoms with Gasteiger partial charge in [0.1, 0.15) is 6.61 Å². The average molecular weight is 355 g/mol. The van der Waals surface area contributed by atoms with Crippen molar-refractivity contribution in [2.75, 3.05) is 26.8 Å². The van der Waals surface area contributed by atoms with Gasteiger partial charge in [0.15, 0.2) is 0 Å². The van der Waals surface area contributed by atoms with E-state index < -0.39 is 5.97 Å². The van der Waals surface area contributed by atoms with E-state index in [4.69, 9.17) is 9.84 Å². The van der Waals surface area contributed by atoms with E-state index in [9.17, 15) is 9.59 Å². The molecule has 1 aromatic carbocycles. The molecule has 26 heavy (non-hydrogen) atoms. The highest BCUT2D eigenvalue weighted by atomic mass is 16.5. The van der Waals surface area contributed by atoms with Gasteiger partial charge in [-0.1, -0.05) is 12.1 Å². The van der Waals surface area contributed by atoms with Gasteiger partial charge in [0.2, 0.25) is 5.91 Å². The van der Waals surface area contributed by atoms with Gasteiger partial charge in [0.25, 0.3) is 0 Å². The first-order chi connectivity index (χ1) is 12.6. The molecule has 1 N–H and O–H groups in total. The molecule has 1 amide bonds. The smallest absolute Gasteiger partial charge is 0.335 e. The van der Waals surface area contributed by atoms with Crippen LogP contribution < -0.4 is 0 Å². The number of aromatic carboxylic acids is 1. The van der Waals surface area contributed by atoms with Gasteiger partial charge in [0, 0.05) is 32.0 Å². The van der Waals surface area contributed by atoms with Crippen LogP contribution in [0.2, 0.25) is 0 Å². The number of aromatic nitrogens is 2. The van der Waals surface area contributed by atoms with Crippen LogP contribution in [0.4, 0.5) is 0 Å². The zero-order valence-corrected chi connectivity index (χ0v) is 14.6. The Bertz CT molecular complexity index is 792. The molecule has 1 aliphatic rings. The highest BCUT2D eigenvalue weighted by Gasteiger charge is 2.26. The lowest BCUT2D eigenvalue weighted by Crippen LogP contribution is -2.31. The predicted molar refractivity (Wildman–Crippen MR) is 94.7 cm³/mol.